The van der Waals surface area contributed by atoms with E-state index in [1.165, 1.54) is 51.4 Å². The van der Waals surface area contributed by atoms with Gasteiger partial charge in [0.15, 0.2) is 0 Å². The normalized spacial score (nSPS) is 12.0. The average molecular weight is 228 g/mol. The van der Waals surface area contributed by atoms with E-state index in [9.17, 15) is 0 Å². The molecular weight excluding hydrogens is 196 g/mol. The number of rotatable bonds is 11. The Labute approximate surface area is 103 Å². The summed E-state index contributed by atoms with van der Waals surface area (Å²) in [5, 5.41) is 0. The van der Waals surface area contributed by atoms with Crippen LogP contribution in [0.15, 0.2) is 0 Å². The molecule has 0 N–H and O–H groups in total. The lowest BCUT2D eigenvalue weighted by Gasteiger charge is -2.24. The maximum Gasteiger partial charge on any atom is 0.0471 e. The van der Waals surface area contributed by atoms with Gasteiger partial charge in [-0.1, -0.05) is 59.8 Å². The quantitative estimate of drug-likeness (QED) is 0.442. The number of ether oxygens (including phenoxy) is 1. The van der Waals surface area contributed by atoms with Crippen LogP contribution in [0.4, 0.5) is 0 Å². The van der Waals surface area contributed by atoms with Crippen LogP contribution in [-0.2, 0) is 4.74 Å². The van der Waals surface area contributed by atoms with Crippen molar-refractivity contribution >= 4 is 0 Å². The van der Waals surface area contributed by atoms with Gasteiger partial charge in [-0.3, -0.25) is 0 Å². The van der Waals surface area contributed by atoms with Gasteiger partial charge in [0.2, 0.25) is 0 Å². The number of hydrogen-bond donors (Lipinski definition) is 0. The van der Waals surface area contributed by atoms with Crippen LogP contribution in [0.5, 0.6) is 0 Å². The van der Waals surface area contributed by atoms with Crippen molar-refractivity contribution in [2.75, 3.05) is 13.2 Å². The minimum Gasteiger partial charge on any atom is -0.381 e. The molecule has 16 heavy (non-hydrogen) atoms. The van der Waals surface area contributed by atoms with Gasteiger partial charge in [0.05, 0.1) is 0 Å². The van der Waals surface area contributed by atoms with Crippen molar-refractivity contribution < 1.29 is 4.74 Å². The van der Waals surface area contributed by atoms with E-state index in [-0.39, 0.29) is 0 Å². The van der Waals surface area contributed by atoms with Crippen molar-refractivity contribution in [2.24, 2.45) is 5.41 Å². The van der Waals surface area contributed by atoms with E-state index in [1.807, 2.05) is 0 Å². The van der Waals surface area contributed by atoms with Crippen LogP contribution in [0.1, 0.15) is 79.1 Å². The second-order valence-corrected chi connectivity index (χ2v) is 5.69. The number of hydrogen-bond acceptors (Lipinski definition) is 1. The summed E-state index contributed by atoms with van der Waals surface area (Å²) >= 11 is 0. The highest BCUT2D eigenvalue weighted by Crippen LogP contribution is 2.27. The summed E-state index contributed by atoms with van der Waals surface area (Å²) in [4.78, 5) is 0. The fourth-order valence-electron chi connectivity index (χ4n) is 1.86. The van der Waals surface area contributed by atoms with E-state index in [1.54, 1.807) is 0 Å². The van der Waals surface area contributed by atoms with Crippen LogP contribution in [0.3, 0.4) is 0 Å². The van der Waals surface area contributed by atoms with Gasteiger partial charge in [-0.25, -0.2) is 0 Å². The van der Waals surface area contributed by atoms with Gasteiger partial charge in [0.1, 0.15) is 0 Å². The Balaban J connectivity index is 3.29. The molecule has 0 aliphatic carbocycles. The maximum absolute atomic E-state index is 5.70. The van der Waals surface area contributed by atoms with E-state index in [0.717, 1.165) is 13.2 Å². The first kappa shape index (κ1) is 16.0. The van der Waals surface area contributed by atoms with Crippen LogP contribution < -0.4 is 0 Å². The molecule has 1 nitrogen and oxygen atoms in total. The minimum absolute atomic E-state index is 0.472. The minimum atomic E-state index is 0.472. The second-order valence-electron chi connectivity index (χ2n) is 5.69. The molecule has 0 fully saturated rings. The highest BCUT2D eigenvalue weighted by Gasteiger charge is 2.16. The Morgan fingerprint density at radius 2 is 1.44 bits per heavy atom. The topological polar surface area (TPSA) is 9.23 Å². The SMILES string of the molecule is CCCCCCOCCC(C)(C)CCCC. The van der Waals surface area contributed by atoms with Crippen LogP contribution >= 0.6 is 0 Å². The maximum atomic E-state index is 5.70. The summed E-state index contributed by atoms with van der Waals surface area (Å²) < 4.78 is 5.70. The molecule has 0 aliphatic heterocycles. The first-order valence-electron chi connectivity index (χ1n) is 7.20. The zero-order valence-corrected chi connectivity index (χ0v) is 12.0. The van der Waals surface area contributed by atoms with Gasteiger partial charge in [0.25, 0.3) is 0 Å². The Hall–Kier alpha value is -0.0400. The molecule has 98 valence electrons. The highest BCUT2D eigenvalue weighted by atomic mass is 16.5. The van der Waals surface area contributed by atoms with E-state index in [4.69, 9.17) is 4.74 Å². The second kappa shape index (κ2) is 10.1. The third-order valence-corrected chi connectivity index (χ3v) is 3.27. The molecule has 0 saturated heterocycles. The Kier molecular flexibility index (Phi) is 10.1. The van der Waals surface area contributed by atoms with Crippen molar-refractivity contribution in [3.8, 4) is 0 Å². The van der Waals surface area contributed by atoms with E-state index < -0.39 is 0 Å². The van der Waals surface area contributed by atoms with Crippen molar-refractivity contribution in [1.29, 1.82) is 0 Å². The molecular formula is C15H32O. The number of unbranched alkanes of at least 4 members (excludes halogenated alkanes) is 4. The standard InChI is InChI=1S/C15H32O/c1-5-7-9-10-13-16-14-12-15(3,4)11-8-6-2/h5-14H2,1-4H3. The zero-order chi connectivity index (χ0) is 12.3. The fourth-order valence-corrected chi connectivity index (χ4v) is 1.86. The average Bonchev–Trinajstić information content (AvgIpc) is 2.25. The molecule has 0 aromatic carbocycles. The molecule has 0 aromatic heterocycles. The molecule has 0 amide bonds. The fraction of sp³-hybridized carbons (Fsp3) is 1.00. The Morgan fingerprint density at radius 3 is 2.06 bits per heavy atom. The van der Waals surface area contributed by atoms with Crippen molar-refractivity contribution in [3.63, 3.8) is 0 Å². The van der Waals surface area contributed by atoms with Crippen LogP contribution in [-0.4, -0.2) is 13.2 Å². The molecule has 0 atom stereocenters. The van der Waals surface area contributed by atoms with Gasteiger partial charge in [-0.15, -0.1) is 0 Å². The largest absolute Gasteiger partial charge is 0.381 e. The van der Waals surface area contributed by atoms with Crippen molar-refractivity contribution in [3.05, 3.63) is 0 Å². The van der Waals surface area contributed by atoms with Gasteiger partial charge in [-0.05, 0) is 24.7 Å². The first-order valence-corrected chi connectivity index (χ1v) is 7.20. The Morgan fingerprint density at radius 1 is 0.750 bits per heavy atom. The van der Waals surface area contributed by atoms with Gasteiger partial charge in [-0.2, -0.15) is 0 Å². The molecule has 0 bridgehead atoms. The lowest BCUT2D eigenvalue weighted by Crippen LogP contribution is -2.14. The summed E-state index contributed by atoms with van der Waals surface area (Å²) in [5.41, 5.74) is 0.472. The Bertz CT molecular complexity index is 140. The van der Waals surface area contributed by atoms with E-state index >= 15 is 0 Å². The molecule has 0 aliphatic rings. The van der Waals surface area contributed by atoms with Crippen molar-refractivity contribution in [2.45, 2.75) is 79.1 Å². The molecule has 1 heteroatoms. The van der Waals surface area contributed by atoms with E-state index in [2.05, 4.69) is 27.7 Å². The van der Waals surface area contributed by atoms with Gasteiger partial charge >= 0.3 is 0 Å². The molecule has 0 rings (SSSR count). The zero-order valence-electron chi connectivity index (χ0n) is 12.0. The molecule has 0 saturated carbocycles. The summed E-state index contributed by atoms with van der Waals surface area (Å²) in [6, 6.07) is 0. The van der Waals surface area contributed by atoms with Gasteiger partial charge < -0.3 is 4.74 Å². The molecule has 0 radical (unpaired) electrons. The molecule has 0 spiro atoms. The monoisotopic (exact) mass is 228 g/mol. The summed E-state index contributed by atoms with van der Waals surface area (Å²) in [7, 11) is 0. The van der Waals surface area contributed by atoms with Gasteiger partial charge in [0, 0.05) is 13.2 Å². The lowest BCUT2D eigenvalue weighted by atomic mass is 9.84. The predicted molar refractivity (Wildman–Crippen MR) is 72.9 cm³/mol. The van der Waals surface area contributed by atoms with Crippen LogP contribution in [0.25, 0.3) is 0 Å². The first-order chi connectivity index (χ1) is 7.62. The summed E-state index contributed by atoms with van der Waals surface area (Å²) in [5.74, 6) is 0. The van der Waals surface area contributed by atoms with E-state index in [0.29, 0.717) is 5.41 Å². The van der Waals surface area contributed by atoms with Crippen LogP contribution in [0.2, 0.25) is 0 Å². The highest BCUT2D eigenvalue weighted by molar-refractivity contribution is 4.67. The molecule has 0 unspecified atom stereocenters. The summed E-state index contributed by atoms with van der Waals surface area (Å²) in [6.07, 6.45) is 10.4. The lowest BCUT2D eigenvalue weighted by molar-refractivity contribution is 0.0973. The third-order valence-electron chi connectivity index (χ3n) is 3.27. The third kappa shape index (κ3) is 10.5. The molecule has 0 aromatic rings. The summed E-state index contributed by atoms with van der Waals surface area (Å²) in [6.45, 7) is 11.1. The van der Waals surface area contributed by atoms with Crippen LogP contribution in [0, 0.1) is 5.41 Å². The molecule has 0 heterocycles. The smallest absolute Gasteiger partial charge is 0.0471 e. The predicted octanol–water partition coefficient (Wildman–Crippen LogP) is 5.19. The van der Waals surface area contributed by atoms with Crippen molar-refractivity contribution in [1.82, 2.24) is 0 Å².